The third-order valence-corrected chi connectivity index (χ3v) is 4.84. The summed E-state index contributed by atoms with van der Waals surface area (Å²) in [6.07, 6.45) is 4.28. The summed E-state index contributed by atoms with van der Waals surface area (Å²) in [5.74, 6) is 1.59. The van der Waals surface area contributed by atoms with Crippen molar-refractivity contribution in [2.24, 2.45) is 10.9 Å². The zero-order valence-corrected chi connectivity index (χ0v) is 12.7. The fourth-order valence-corrected chi connectivity index (χ4v) is 3.64. The van der Waals surface area contributed by atoms with E-state index in [9.17, 15) is 0 Å². The maximum absolute atomic E-state index is 4.60. The fourth-order valence-electron chi connectivity index (χ4n) is 2.32. The fraction of sp³-hybridized carbons (Fsp3) is 0.643. The van der Waals surface area contributed by atoms with Crippen LogP contribution < -0.4 is 5.32 Å². The lowest BCUT2D eigenvalue weighted by Crippen LogP contribution is -2.22. The molecule has 0 radical (unpaired) electrons. The molecular weight excluding hydrogens is 256 g/mol. The summed E-state index contributed by atoms with van der Waals surface area (Å²) >= 11 is 1.89. The average Bonchev–Trinajstić information content (AvgIpc) is 2.87. The number of amidine groups is 1. The number of aromatic nitrogens is 2. The predicted octanol–water partition coefficient (Wildman–Crippen LogP) is 2.78. The molecule has 0 aromatic carbocycles. The first kappa shape index (κ1) is 14.3. The number of rotatable bonds is 5. The molecule has 1 unspecified atom stereocenters. The van der Waals surface area contributed by atoms with Crippen molar-refractivity contribution in [1.82, 2.24) is 15.3 Å². The Morgan fingerprint density at radius 1 is 1.42 bits per heavy atom. The Morgan fingerprint density at radius 3 is 2.89 bits per heavy atom. The molecule has 2 heterocycles. The zero-order valence-electron chi connectivity index (χ0n) is 11.9. The number of aryl methyl sites for hydroxylation is 1. The zero-order chi connectivity index (χ0) is 13.7. The summed E-state index contributed by atoms with van der Waals surface area (Å²) in [7, 11) is 0. The van der Waals surface area contributed by atoms with Gasteiger partial charge in [-0.1, -0.05) is 38.5 Å². The Balaban J connectivity index is 1.82. The highest BCUT2D eigenvalue weighted by molar-refractivity contribution is 8.14. The first-order valence-electron chi connectivity index (χ1n) is 6.96. The number of hydrogen-bond acceptors (Lipinski definition) is 5. The van der Waals surface area contributed by atoms with Gasteiger partial charge in [-0.2, -0.15) is 0 Å². The molecule has 1 atom stereocenters. The summed E-state index contributed by atoms with van der Waals surface area (Å²) < 4.78 is 0. The van der Waals surface area contributed by atoms with Gasteiger partial charge < -0.3 is 5.32 Å². The van der Waals surface area contributed by atoms with E-state index in [1.807, 2.05) is 24.8 Å². The van der Waals surface area contributed by atoms with E-state index in [1.165, 1.54) is 12.8 Å². The summed E-state index contributed by atoms with van der Waals surface area (Å²) in [5.41, 5.74) is 1.02. The third kappa shape index (κ3) is 3.93. The molecule has 0 spiro atoms. The molecule has 0 aliphatic carbocycles. The molecular formula is C14H22N4S. The number of aliphatic imine (C=N–C) groups is 1. The Bertz CT molecular complexity index is 443. The highest BCUT2D eigenvalue weighted by atomic mass is 32.2. The van der Waals surface area contributed by atoms with Crippen LogP contribution in [0.2, 0.25) is 0 Å². The molecule has 1 aliphatic heterocycles. The molecule has 1 aromatic heterocycles. The van der Waals surface area contributed by atoms with Crippen molar-refractivity contribution < 1.29 is 0 Å². The average molecular weight is 278 g/mol. The lowest BCUT2D eigenvalue weighted by atomic mass is 9.99. The second-order valence-corrected chi connectivity index (χ2v) is 6.06. The van der Waals surface area contributed by atoms with Gasteiger partial charge in [-0.05, 0) is 18.9 Å². The molecule has 4 nitrogen and oxygen atoms in total. The molecule has 1 N–H and O–H groups in total. The summed E-state index contributed by atoms with van der Waals surface area (Å²) in [4.78, 5) is 13.1. The molecule has 0 fully saturated rings. The van der Waals surface area contributed by atoms with Crippen molar-refractivity contribution in [1.29, 1.82) is 0 Å². The summed E-state index contributed by atoms with van der Waals surface area (Å²) in [5, 5.41) is 5.09. The molecule has 5 heteroatoms. The third-order valence-electron chi connectivity index (χ3n) is 3.51. The van der Waals surface area contributed by atoms with Crippen molar-refractivity contribution in [3.05, 3.63) is 23.8 Å². The lowest BCUT2D eigenvalue weighted by molar-refractivity contribution is 0.479. The largest absolute Gasteiger partial charge is 0.359 e. The van der Waals surface area contributed by atoms with Crippen molar-refractivity contribution in [3.8, 4) is 0 Å². The van der Waals surface area contributed by atoms with Crippen LogP contribution in [0.1, 0.15) is 38.2 Å². The SMILES string of the molecule is CCC(CC)C1CN=C(NCc2ccnc(C)n2)S1. The Hall–Kier alpha value is -1.10. The van der Waals surface area contributed by atoms with Gasteiger partial charge in [0.2, 0.25) is 0 Å². The second-order valence-electron chi connectivity index (χ2n) is 4.83. The molecule has 0 bridgehead atoms. The van der Waals surface area contributed by atoms with E-state index in [1.54, 1.807) is 6.20 Å². The normalized spacial score (nSPS) is 18.7. The van der Waals surface area contributed by atoms with Gasteiger partial charge in [-0.3, -0.25) is 4.99 Å². The smallest absolute Gasteiger partial charge is 0.157 e. The van der Waals surface area contributed by atoms with Gasteiger partial charge in [0, 0.05) is 11.4 Å². The summed E-state index contributed by atoms with van der Waals surface area (Å²) in [6.45, 7) is 8.12. The van der Waals surface area contributed by atoms with Gasteiger partial charge in [-0.15, -0.1) is 0 Å². The standard InChI is InChI=1S/C14H22N4S/c1-4-11(5-2)13-9-17-14(19-13)16-8-12-6-7-15-10(3)18-12/h6-7,11,13H,4-5,8-9H2,1-3H3,(H,16,17). The molecule has 0 saturated carbocycles. The van der Waals surface area contributed by atoms with Gasteiger partial charge >= 0.3 is 0 Å². The number of thioether (sulfide) groups is 1. The van der Waals surface area contributed by atoms with Crippen LogP contribution >= 0.6 is 11.8 Å². The van der Waals surface area contributed by atoms with Gasteiger partial charge in [0.1, 0.15) is 5.82 Å². The van der Waals surface area contributed by atoms with Gasteiger partial charge in [-0.25, -0.2) is 9.97 Å². The van der Waals surface area contributed by atoms with Crippen LogP contribution in [-0.2, 0) is 6.54 Å². The first-order chi connectivity index (χ1) is 9.22. The maximum Gasteiger partial charge on any atom is 0.157 e. The monoisotopic (exact) mass is 278 g/mol. The van der Waals surface area contributed by atoms with E-state index in [-0.39, 0.29) is 0 Å². The maximum atomic E-state index is 4.60. The Morgan fingerprint density at radius 2 is 2.21 bits per heavy atom. The molecule has 19 heavy (non-hydrogen) atoms. The van der Waals surface area contributed by atoms with E-state index in [0.29, 0.717) is 5.25 Å². The van der Waals surface area contributed by atoms with Crippen molar-refractivity contribution >= 4 is 16.9 Å². The van der Waals surface area contributed by atoms with E-state index < -0.39 is 0 Å². The topological polar surface area (TPSA) is 50.2 Å². The van der Waals surface area contributed by atoms with Crippen LogP contribution in [0.3, 0.4) is 0 Å². The van der Waals surface area contributed by atoms with Crippen LogP contribution in [0.4, 0.5) is 0 Å². The molecule has 104 valence electrons. The minimum atomic E-state index is 0.643. The Kier molecular flexibility index (Phi) is 5.19. The van der Waals surface area contributed by atoms with Crippen molar-refractivity contribution in [2.45, 2.75) is 45.4 Å². The molecule has 1 aliphatic rings. The van der Waals surface area contributed by atoms with Crippen LogP contribution in [0.25, 0.3) is 0 Å². The van der Waals surface area contributed by atoms with E-state index in [4.69, 9.17) is 0 Å². The number of nitrogens with one attached hydrogen (secondary N) is 1. The molecule has 0 saturated heterocycles. The highest BCUT2D eigenvalue weighted by Crippen LogP contribution is 2.30. The van der Waals surface area contributed by atoms with Crippen molar-refractivity contribution in [3.63, 3.8) is 0 Å². The Labute approximate surface area is 119 Å². The van der Waals surface area contributed by atoms with Crippen molar-refractivity contribution in [2.75, 3.05) is 6.54 Å². The first-order valence-corrected chi connectivity index (χ1v) is 7.84. The quantitative estimate of drug-likeness (QED) is 0.900. The molecule has 1 aromatic rings. The minimum absolute atomic E-state index is 0.643. The second kappa shape index (κ2) is 6.89. The van der Waals surface area contributed by atoms with Crippen LogP contribution in [0.5, 0.6) is 0 Å². The highest BCUT2D eigenvalue weighted by Gasteiger charge is 2.25. The predicted molar refractivity (Wildman–Crippen MR) is 81.4 cm³/mol. The van der Waals surface area contributed by atoms with Gasteiger partial charge in [0.25, 0.3) is 0 Å². The van der Waals surface area contributed by atoms with E-state index in [2.05, 4.69) is 34.1 Å². The van der Waals surface area contributed by atoms with Gasteiger partial charge in [0.05, 0.1) is 18.8 Å². The number of hydrogen-bond donors (Lipinski definition) is 1. The van der Waals surface area contributed by atoms with E-state index >= 15 is 0 Å². The van der Waals surface area contributed by atoms with E-state index in [0.717, 1.165) is 35.7 Å². The molecule has 2 rings (SSSR count). The van der Waals surface area contributed by atoms with Crippen LogP contribution in [0.15, 0.2) is 17.3 Å². The minimum Gasteiger partial charge on any atom is -0.359 e. The van der Waals surface area contributed by atoms with Crippen LogP contribution in [-0.4, -0.2) is 26.9 Å². The lowest BCUT2D eigenvalue weighted by Gasteiger charge is -2.18. The number of nitrogens with zero attached hydrogens (tertiary/aromatic N) is 3. The molecule has 0 amide bonds. The van der Waals surface area contributed by atoms with Gasteiger partial charge in [0.15, 0.2) is 5.17 Å². The van der Waals surface area contributed by atoms with Crippen LogP contribution in [0, 0.1) is 12.8 Å². The summed E-state index contributed by atoms with van der Waals surface area (Å²) in [6, 6.07) is 1.94.